The topological polar surface area (TPSA) is 79.1 Å². The molecule has 1 aliphatic rings. The van der Waals surface area contributed by atoms with Crippen molar-refractivity contribution < 1.29 is 9.53 Å². The molecule has 78 valence electrons. The summed E-state index contributed by atoms with van der Waals surface area (Å²) in [6.45, 7) is 1.22. The van der Waals surface area contributed by atoms with Gasteiger partial charge in [-0.15, -0.1) is 5.10 Å². The van der Waals surface area contributed by atoms with E-state index in [0.717, 1.165) is 11.5 Å². The number of amides is 1. The highest BCUT2D eigenvalue weighted by molar-refractivity contribution is 7.07. The first-order valence-corrected chi connectivity index (χ1v) is 5.16. The third-order valence-corrected chi connectivity index (χ3v) is 2.72. The Balaban J connectivity index is 2.05. The van der Waals surface area contributed by atoms with Crippen LogP contribution < -0.4 is 0 Å². The number of nitrogens with zero attached hydrogens (tertiary/aromatic N) is 4. The normalized spacial score (nSPS) is 21.0. The molecule has 1 fully saturated rings. The Kier molecular flexibility index (Phi) is 2.89. The van der Waals surface area contributed by atoms with E-state index in [0.29, 0.717) is 24.6 Å². The minimum Gasteiger partial charge on any atom is -0.360 e. The molecule has 1 amide bonds. The molecular weight excluding hydrogens is 216 g/mol. The largest absolute Gasteiger partial charge is 0.360 e. The number of carbonyl (C=O) groups excluding carboxylic acids is 1. The van der Waals surface area contributed by atoms with E-state index in [1.165, 1.54) is 6.20 Å². The minimum absolute atomic E-state index is 0.131. The summed E-state index contributed by atoms with van der Waals surface area (Å²) in [4.78, 5) is 13.9. The quantitative estimate of drug-likeness (QED) is 0.665. The van der Waals surface area contributed by atoms with E-state index in [2.05, 4.69) is 9.59 Å². The van der Waals surface area contributed by atoms with E-state index in [1.807, 2.05) is 6.07 Å². The van der Waals surface area contributed by atoms with Gasteiger partial charge in [-0.1, -0.05) is 4.49 Å². The third kappa shape index (κ3) is 2.11. The van der Waals surface area contributed by atoms with Crippen molar-refractivity contribution in [2.24, 2.45) is 0 Å². The molecule has 7 heteroatoms. The average Bonchev–Trinajstić information content (AvgIpc) is 2.81. The lowest BCUT2D eigenvalue weighted by Crippen LogP contribution is -2.44. The summed E-state index contributed by atoms with van der Waals surface area (Å²) in [6, 6.07) is 1.99. The Labute approximate surface area is 90.2 Å². The van der Waals surface area contributed by atoms with E-state index in [9.17, 15) is 4.79 Å². The van der Waals surface area contributed by atoms with Gasteiger partial charge >= 0.3 is 0 Å². The Bertz CT molecular complexity index is 386. The Morgan fingerprint density at radius 1 is 1.80 bits per heavy atom. The van der Waals surface area contributed by atoms with E-state index >= 15 is 0 Å². The van der Waals surface area contributed by atoms with Gasteiger partial charge in [-0.2, -0.15) is 5.26 Å². The molecule has 2 rings (SSSR count). The first kappa shape index (κ1) is 10.0. The van der Waals surface area contributed by atoms with Crippen molar-refractivity contribution in [3.63, 3.8) is 0 Å². The monoisotopic (exact) mass is 224 g/mol. The molecule has 6 nitrogen and oxygen atoms in total. The molecule has 1 aromatic heterocycles. The molecule has 1 aliphatic heterocycles. The summed E-state index contributed by atoms with van der Waals surface area (Å²) in [5.41, 5.74) is 0. The number of morpholine rings is 1. The van der Waals surface area contributed by atoms with Crippen LogP contribution in [-0.2, 0) is 4.74 Å². The van der Waals surface area contributed by atoms with Crippen LogP contribution in [0.5, 0.6) is 0 Å². The zero-order chi connectivity index (χ0) is 10.7. The Morgan fingerprint density at radius 3 is 3.33 bits per heavy atom. The average molecular weight is 224 g/mol. The lowest BCUT2D eigenvalue weighted by Gasteiger charge is -2.29. The van der Waals surface area contributed by atoms with Crippen LogP contribution in [0.2, 0.25) is 0 Å². The maximum atomic E-state index is 11.8. The van der Waals surface area contributed by atoms with Gasteiger partial charge in [-0.3, -0.25) is 4.79 Å². The first-order chi connectivity index (χ1) is 7.31. The molecule has 1 aromatic rings. The van der Waals surface area contributed by atoms with E-state index in [-0.39, 0.29) is 5.91 Å². The number of aromatic nitrogens is 2. The smallest absolute Gasteiger partial charge is 0.267 e. The van der Waals surface area contributed by atoms with Gasteiger partial charge in [-0.25, -0.2) is 0 Å². The van der Waals surface area contributed by atoms with Crippen molar-refractivity contribution in [2.75, 3.05) is 19.7 Å². The fraction of sp³-hybridized carbons (Fsp3) is 0.500. The second-order valence-corrected chi connectivity index (χ2v) is 3.81. The molecule has 1 unspecified atom stereocenters. The molecule has 0 spiro atoms. The lowest BCUT2D eigenvalue weighted by atomic mass is 10.3. The van der Waals surface area contributed by atoms with Crippen LogP contribution in [0.3, 0.4) is 0 Å². The van der Waals surface area contributed by atoms with Crippen LogP contribution in [0.4, 0.5) is 0 Å². The van der Waals surface area contributed by atoms with Gasteiger partial charge in [0.15, 0.2) is 6.10 Å². The molecule has 1 saturated heterocycles. The number of hydrogen-bond acceptors (Lipinski definition) is 6. The van der Waals surface area contributed by atoms with Crippen LogP contribution in [0.25, 0.3) is 0 Å². The van der Waals surface area contributed by atoms with Crippen molar-refractivity contribution in [1.82, 2.24) is 14.5 Å². The fourth-order valence-electron chi connectivity index (χ4n) is 1.33. The van der Waals surface area contributed by atoms with Gasteiger partial charge in [0.25, 0.3) is 5.91 Å². The van der Waals surface area contributed by atoms with Crippen molar-refractivity contribution in [2.45, 2.75) is 6.10 Å². The maximum Gasteiger partial charge on any atom is 0.267 e. The summed E-state index contributed by atoms with van der Waals surface area (Å²) in [7, 11) is 0. The van der Waals surface area contributed by atoms with Crippen molar-refractivity contribution in [3.05, 3.63) is 11.1 Å². The number of nitriles is 1. The van der Waals surface area contributed by atoms with E-state index in [1.54, 1.807) is 4.90 Å². The molecule has 0 N–H and O–H groups in total. The molecule has 0 saturated carbocycles. The molecule has 0 aliphatic carbocycles. The standard InChI is InChI=1S/C8H8N4O2S/c9-3-6-5-12(1-2-14-6)8(13)7-4-10-11-15-7/h4,6H,1-2,5H2. The van der Waals surface area contributed by atoms with Gasteiger partial charge in [0, 0.05) is 6.54 Å². The van der Waals surface area contributed by atoms with Crippen molar-refractivity contribution in [1.29, 1.82) is 5.26 Å². The second kappa shape index (κ2) is 4.33. The van der Waals surface area contributed by atoms with Crippen LogP contribution >= 0.6 is 11.5 Å². The molecule has 0 bridgehead atoms. The lowest BCUT2D eigenvalue weighted by molar-refractivity contribution is 0.00368. The number of hydrogen-bond donors (Lipinski definition) is 0. The van der Waals surface area contributed by atoms with E-state index in [4.69, 9.17) is 10.00 Å². The predicted octanol–water partition coefficient (Wildman–Crippen LogP) is -0.0973. The van der Waals surface area contributed by atoms with Gasteiger partial charge in [0.1, 0.15) is 4.88 Å². The Morgan fingerprint density at radius 2 is 2.67 bits per heavy atom. The number of rotatable bonds is 1. The van der Waals surface area contributed by atoms with Crippen LogP contribution in [0.15, 0.2) is 6.20 Å². The highest BCUT2D eigenvalue weighted by Crippen LogP contribution is 2.11. The van der Waals surface area contributed by atoms with Crippen molar-refractivity contribution >= 4 is 17.4 Å². The highest BCUT2D eigenvalue weighted by atomic mass is 32.1. The third-order valence-electron chi connectivity index (χ3n) is 2.07. The van der Waals surface area contributed by atoms with Gasteiger partial charge in [0.2, 0.25) is 0 Å². The summed E-state index contributed by atoms with van der Waals surface area (Å²) in [5, 5.41) is 12.3. The van der Waals surface area contributed by atoms with Crippen LogP contribution in [-0.4, -0.2) is 46.2 Å². The van der Waals surface area contributed by atoms with Crippen molar-refractivity contribution in [3.8, 4) is 6.07 Å². The van der Waals surface area contributed by atoms with E-state index < -0.39 is 6.10 Å². The van der Waals surface area contributed by atoms with Gasteiger partial charge in [0.05, 0.1) is 25.4 Å². The SMILES string of the molecule is N#CC1CN(C(=O)c2cnns2)CCO1. The number of ether oxygens (including phenoxy) is 1. The molecule has 1 atom stereocenters. The summed E-state index contributed by atoms with van der Waals surface area (Å²) >= 11 is 1.06. The molecular formula is C8H8N4O2S. The zero-order valence-electron chi connectivity index (χ0n) is 7.79. The summed E-state index contributed by atoms with van der Waals surface area (Å²) in [6.07, 6.45) is 0.910. The molecule has 0 aromatic carbocycles. The minimum atomic E-state index is -0.524. The summed E-state index contributed by atoms with van der Waals surface area (Å²) in [5.74, 6) is -0.131. The molecule has 15 heavy (non-hydrogen) atoms. The molecule has 0 radical (unpaired) electrons. The maximum absolute atomic E-state index is 11.8. The first-order valence-electron chi connectivity index (χ1n) is 4.39. The number of carbonyl (C=O) groups is 1. The Hall–Kier alpha value is -1.52. The highest BCUT2D eigenvalue weighted by Gasteiger charge is 2.25. The van der Waals surface area contributed by atoms with Gasteiger partial charge in [-0.05, 0) is 11.5 Å². The zero-order valence-corrected chi connectivity index (χ0v) is 8.61. The molecule has 2 heterocycles. The van der Waals surface area contributed by atoms with Gasteiger partial charge < -0.3 is 9.64 Å². The predicted molar refractivity (Wildman–Crippen MR) is 51.2 cm³/mol. The van der Waals surface area contributed by atoms with Crippen LogP contribution in [0.1, 0.15) is 9.67 Å². The van der Waals surface area contributed by atoms with Crippen LogP contribution in [0, 0.1) is 11.3 Å². The second-order valence-electron chi connectivity index (χ2n) is 3.02. The summed E-state index contributed by atoms with van der Waals surface area (Å²) < 4.78 is 8.77. The fourth-order valence-corrected chi connectivity index (χ4v) is 1.81.